The number of hydrogen-bond donors (Lipinski definition) is 1. The van der Waals surface area contributed by atoms with Crippen LogP contribution in [0.15, 0.2) is 48.8 Å². The van der Waals surface area contributed by atoms with Gasteiger partial charge in [0, 0.05) is 42.8 Å². The number of carbonyl (C=O) groups is 1. The average molecular weight is 347 g/mol. The van der Waals surface area contributed by atoms with Crippen LogP contribution in [0.25, 0.3) is 5.69 Å². The van der Waals surface area contributed by atoms with E-state index in [1.54, 1.807) is 12.1 Å². The Balaban J connectivity index is 1.61. The van der Waals surface area contributed by atoms with Crippen molar-refractivity contribution < 1.29 is 13.2 Å². The number of nitrogens with zero attached hydrogens (tertiary/aromatic N) is 2. The van der Waals surface area contributed by atoms with Crippen LogP contribution in [0.3, 0.4) is 0 Å². The van der Waals surface area contributed by atoms with Gasteiger partial charge in [-0.1, -0.05) is 0 Å². The first-order chi connectivity index (χ1) is 11.4. The summed E-state index contributed by atoms with van der Waals surface area (Å²) in [5.41, 5.74) is 1.55. The molecule has 0 saturated carbocycles. The molecule has 2 aromatic rings. The number of hydrogen-bond acceptors (Lipinski definition) is 3. The van der Waals surface area contributed by atoms with Crippen molar-refractivity contribution in [2.75, 3.05) is 19.3 Å². The molecule has 2 heterocycles. The van der Waals surface area contributed by atoms with Crippen molar-refractivity contribution in [1.29, 1.82) is 0 Å². The van der Waals surface area contributed by atoms with Crippen LogP contribution in [0.2, 0.25) is 0 Å². The number of sulfonamides is 1. The molecule has 1 aromatic heterocycles. The molecule has 6 nitrogen and oxygen atoms in total. The quantitative estimate of drug-likeness (QED) is 0.894. The molecule has 1 saturated heterocycles. The van der Waals surface area contributed by atoms with Crippen LogP contribution in [0.1, 0.15) is 23.2 Å². The van der Waals surface area contributed by atoms with Crippen LogP contribution in [0.5, 0.6) is 0 Å². The molecule has 1 atom stereocenters. The second kappa shape index (κ2) is 6.78. The summed E-state index contributed by atoms with van der Waals surface area (Å²) in [6.07, 6.45) is 6.70. The van der Waals surface area contributed by atoms with Gasteiger partial charge in [-0.3, -0.25) is 4.79 Å². The summed E-state index contributed by atoms with van der Waals surface area (Å²) in [5.74, 6) is -0.186. The monoisotopic (exact) mass is 347 g/mol. The molecule has 1 fully saturated rings. The van der Waals surface area contributed by atoms with E-state index < -0.39 is 10.0 Å². The average Bonchev–Trinajstić information content (AvgIpc) is 3.23. The minimum Gasteiger partial charge on any atom is -0.350 e. The minimum absolute atomic E-state index is 0.150. The Bertz CT molecular complexity index is 798. The SMILES string of the molecule is CS(=O)(=O)N1CCCC1CNC(=O)c1ccc(-n2cccc2)cc1. The van der Waals surface area contributed by atoms with Crippen LogP contribution in [0, 0.1) is 0 Å². The lowest BCUT2D eigenvalue weighted by molar-refractivity contribution is 0.0946. The molecule has 0 radical (unpaired) electrons. The number of rotatable bonds is 5. The molecule has 1 aromatic carbocycles. The molecule has 1 amide bonds. The van der Waals surface area contributed by atoms with E-state index in [-0.39, 0.29) is 11.9 Å². The molecule has 0 bridgehead atoms. The maximum atomic E-state index is 12.3. The largest absolute Gasteiger partial charge is 0.350 e. The van der Waals surface area contributed by atoms with Gasteiger partial charge < -0.3 is 9.88 Å². The molecule has 1 aliphatic rings. The highest BCUT2D eigenvalue weighted by Crippen LogP contribution is 2.19. The molecule has 1 N–H and O–H groups in total. The van der Waals surface area contributed by atoms with Crippen LogP contribution in [-0.2, 0) is 10.0 Å². The summed E-state index contributed by atoms with van der Waals surface area (Å²) in [4.78, 5) is 12.3. The van der Waals surface area contributed by atoms with Gasteiger partial charge in [0.1, 0.15) is 0 Å². The Hall–Kier alpha value is -2.12. The van der Waals surface area contributed by atoms with Gasteiger partial charge in [0.05, 0.1) is 6.26 Å². The third kappa shape index (κ3) is 3.68. The van der Waals surface area contributed by atoms with Gasteiger partial charge in [0.15, 0.2) is 0 Å². The lowest BCUT2D eigenvalue weighted by Gasteiger charge is -2.22. The minimum atomic E-state index is -3.22. The summed E-state index contributed by atoms with van der Waals surface area (Å²) in [5, 5.41) is 2.85. The zero-order chi connectivity index (χ0) is 17.2. The fourth-order valence-electron chi connectivity index (χ4n) is 3.05. The highest BCUT2D eigenvalue weighted by Gasteiger charge is 2.31. The van der Waals surface area contributed by atoms with Crippen LogP contribution in [0.4, 0.5) is 0 Å². The van der Waals surface area contributed by atoms with Crippen molar-refractivity contribution in [2.24, 2.45) is 0 Å². The fraction of sp³-hybridized carbons (Fsp3) is 0.353. The third-order valence-electron chi connectivity index (χ3n) is 4.28. The molecule has 1 unspecified atom stereocenters. The molecule has 24 heavy (non-hydrogen) atoms. The smallest absolute Gasteiger partial charge is 0.251 e. The van der Waals surface area contributed by atoms with Crippen molar-refractivity contribution in [3.63, 3.8) is 0 Å². The first-order valence-electron chi connectivity index (χ1n) is 7.93. The molecule has 3 rings (SSSR count). The van der Waals surface area contributed by atoms with Crippen LogP contribution < -0.4 is 5.32 Å². The van der Waals surface area contributed by atoms with Crippen molar-refractivity contribution in [2.45, 2.75) is 18.9 Å². The van der Waals surface area contributed by atoms with E-state index in [4.69, 9.17) is 0 Å². The number of benzene rings is 1. The molecule has 0 spiro atoms. The Labute approximate surface area is 142 Å². The summed E-state index contributed by atoms with van der Waals surface area (Å²) in [6, 6.07) is 11.0. The summed E-state index contributed by atoms with van der Waals surface area (Å²) in [7, 11) is -3.22. The highest BCUT2D eigenvalue weighted by atomic mass is 32.2. The van der Waals surface area contributed by atoms with E-state index in [9.17, 15) is 13.2 Å². The predicted molar refractivity (Wildman–Crippen MR) is 92.7 cm³/mol. The van der Waals surface area contributed by atoms with Crippen molar-refractivity contribution in [3.8, 4) is 5.69 Å². The van der Waals surface area contributed by atoms with E-state index in [1.165, 1.54) is 10.6 Å². The summed E-state index contributed by atoms with van der Waals surface area (Å²) in [6.45, 7) is 0.871. The lowest BCUT2D eigenvalue weighted by atomic mass is 10.1. The Morgan fingerprint density at radius 1 is 1.21 bits per heavy atom. The van der Waals surface area contributed by atoms with Gasteiger partial charge in [-0.2, -0.15) is 4.31 Å². The molecule has 7 heteroatoms. The third-order valence-corrected chi connectivity index (χ3v) is 5.61. The molecular weight excluding hydrogens is 326 g/mol. The summed E-state index contributed by atoms with van der Waals surface area (Å²) >= 11 is 0. The normalized spacial score (nSPS) is 18.6. The Kier molecular flexibility index (Phi) is 4.73. The lowest BCUT2D eigenvalue weighted by Crippen LogP contribution is -2.42. The van der Waals surface area contributed by atoms with E-state index in [0.29, 0.717) is 18.7 Å². The fourth-order valence-corrected chi connectivity index (χ4v) is 4.24. The van der Waals surface area contributed by atoms with Gasteiger partial charge in [-0.25, -0.2) is 8.42 Å². The van der Waals surface area contributed by atoms with E-state index in [1.807, 2.05) is 41.2 Å². The van der Waals surface area contributed by atoms with Gasteiger partial charge in [-0.15, -0.1) is 0 Å². The summed E-state index contributed by atoms with van der Waals surface area (Å²) < 4.78 is 26.9. The second-order valence-electron chi connectivity index (χ2n) is 6.02. The Morgan fingerprint density at radius 3 is 2.50 bits per heavy atom. The molecule has 0 aliphatic carbocycles. The van der Waals surface area contributed by atoms with Gasteiger partial charge in [0.25, 0.3) is 5.91 Å². The zero-order valence-electron chi connectivity index (χ0n) is 13.6. The van der Waals surface area contributed by atoms with Crippen molar-refractivity contribution >= 4 is 15.9 Å². The zero-order valence-corrected chi connectivity index (χ0v) is 14.4. The van der Waals surface area contributed by atoms with Crippen LogP contribution in [-0.4, -0.2) is 48.6 Å². The van der Waals surface area contributed by atoms with Crippen LogP contribution >= 0.6 is 0 Å². The maximum absolute atomic E-state index is 12.3. The Morgan fingerprint density at radius 2 is 1.88 bits per heavy atom. The molecular formula is C17H21N3O3S. The maximum Gasteiger partial charge on any atom is 0.251 e. The number of amides is 1. The number of aromatic nitrogens is 1. The van der Waals surface area contributed by atoms with Gasteiger partial charge >= 0.3 is 0 Å². The highest BCUT2D eigenvalue weighted by molar-refractivity contribution is 7.88. The van der Waals surface area contributed by atoms with E-state index >= 15 is 0 Å². The van der Waals surface area contributed by atoms with Gasteiger partial charge in [-0.05, 0) is 49.2 Å². The standard InChI is InChI=1S/C17H21N3O3S/c1-24(22,23)20-12-4-5-16(20)13-18-17(21)14-6-8-15(9-7-14)19-10-2-3-11-19/h2-3,6-11,16H,4-5,12-13H2,1H3,(H,18,21). The molecule has 1 aliphatic heterocycles. The van der Waals surface area contributed by atoms with E-state index in [0.717, 1.165) is 18.5 Å². The second-order valence-corrected chi connectivity index (χ2v) is 7.95. The predicted octanol–water partition coefficient (Wildman–Crippen LogP) is 1.63. The first-order valence-corrected chi connectivity index (χ1v) is 9.78. The van der Waals surface area contributed by atoms with Crippen molar-refractivity contribution in [1.82, 2.24) is 14.2 Å². The van der Waals surface area contributed by atoms with E-state index in [2.05, 4.69) is 5.32 Å². The number of nitrogens with one attached hydrogen (secondary N) is 1. The molecule has 128 valence electrons. The number of carbonyl (C=O) groups excluding carboxylic acids is 1. The first kappa shape index (κ1) is 16.7. The topological polar surface area (TPSA) is 71.4 Å². The van der Waals surface area contributed by atoms with Gasteiger partial charge in [0.2, 0.25) is 10.0 Å². The van der Waals surface area contributed by atoms with Crippen molar-refractivity contribution in [3.05, 3.63) is 54.4 Å².